The quantitative estimate of drug-likeness (QED) is 0.684. The van der Waals surface area contributed by atoms with E-state index >= 15 is 0 Å². The van der Waals surface area contributed by atoms with Gasteiger partial charge in [0, 0.05) is 12.4 Å². The number of hydrogen-bond donors (Lipinski definition) is 0. The van der Waals surface area contributed by atoms with Gasteiger partial charge in [-0.05, 0) is 30.2 Å². The summed E-state index contributed by atoms with van der Waals surface area (Å²) in [5.74, 6) is -0.407. The highest BCUT2D eigenvalue weighted by Crippen LogP contribution is 2.10. The van der Waals surface area contributed by atoms with Crippen LogP contribution in [-0.4, -0.2) is 15.4 Å². The maximum Gasteiger partial charge on any atom is 0.358 e. The minimum absolute atomic E-state index is 0.257. The molecule has 0 amide bonds. The Balaban J connectivity index is 1.75. The zero-order valence-electron chi connectivity index (χ0n) is 11.1. The van der Waals surface area contributed by atoms with Crippen LogP contribution in [0.1, 0.15) is 21.6 Å². The maximum absolute atomic E-state index is 12.0. The second kappa shape index (κ2) is 5.17. The topological polar surface area (TPSA) is 43.6 Å². The van der Waals surface area contributed by atoms with Crippen molar-refractivity contribution in [1.82, 2.24) is 9.38 Å². The lowest BCUT2D eigenvalue weighted by molar-refractivity contribution is 0.0466. The highest BCUT2D eigenvalue weighted by Gasteiger charge is 2.12. The lowest BCUT2D eigenvalue weighted by Gasteiger charge is -2.02. The fraction of sp³-hybridized carbons (Fsp3) is 0.125. The molecule has 0 saturated carbocycles. The third kappa shape index (κ3) is 2.54. The van der Waals surface area contributed by atoms with E-state index in [-0.39, 0.29) is 6.61 Å². The lowest BCUT2D eigenvalue weighted by atomic mass is 10.2. The number of aryl methyl sites for hydroxylation is 1. The molecule has 100 valence electrons. The van der Waals surface area contributed by atoms with E-state index in [2.05, 4.69) is 4.98 Å². The van der Waals surface area contributed by atoms with E-state index in [0.29, 0.717) is 5.69 Å². The summed E-state index contributed by atoms with van der Waals surface area (Å²) >= 11 is 0. The summed E-state index contributed by atoms with van der Waals surface area (Å²) in [6.45, 7) is 2.24. The van der Waals surface area contributed by atoms with Crippen molar-refractivity contribution < 1.29 is 9.53 Å². The number of hydrogen-bond acceptors (Lipinski definition) is 3. The van der Waals surface area contributed by atoms with Gasteiger partial charge in [0.15, 0.2) is 5.69 Å². The summed E-state index contributed by atoms with van der Waals surface area (Å²) in [5.41, 5.74) is 3.14. The lowest BCUT2D eigenvalue weighted by Crippen LogP contribution is -2.05. The first-order valence-electron chi connectivity index (χ1n) is 6.39. The van der Waals surface area contributed by atoms with Gasteiger partial charge in [-0.15, -0.1) is 0 Å². The fourth-order valence-electron chi connectivity index (χ4n) is 1.98. The third-order valence-corrected chi connectivity index (χ3v) is 3.04. The zero-order chi connectivity index (χ0) is 13.9. The minimum atomic E-state index is -0.407. The Morgan fingerprint density at radius 1 is 1.25 bits per heavy atom. The predicted octanol–water partition coefficient (Wildman–Crippen LogP) is 3.00. The average molecular weight is 266 g/mol. The van der Waals surface area contributed by atoms with E-state index in [4.69, 9.17) is 4.74 Å². The standard InChI is InChI=1S/C16H14N2O2/c1-12-7-8-18-10-14(17-15(18)9-12)16(19)20-11-13-5-3-2-4-6-13/h2-10H,11H2,1H3. The molecular weight excluding hydrogens is 252 g/mol. The van der Waals surface area contributed by atoms with Gasteiger partial charge in [0.25, 0.3) is 0 Å². The molecule has 0 saturated heterocycles. The summed E-state index contributed by atoms with van der Waals surface area (Å²) in [4.78, 5) is 16.2. The molecule has 20 heavy (non-hydrogen) atoms. The Hall–Kier alpha value is -2.62. The second-order valence-corrected chi connectivity index (χ2v) is 4.66. The molecule has 0 N–H and O–H groups in total. The molecule has 0 atom stereocenters. The minimum Gasteiger partial charge on any atom is -0.456 e. The Morgan fingerprint density at radius 3 is 2.85 bits per heavy atom. The monoisotopic (exact) mass is 266 g/mol. The van der Waals surface area contributed by atoms with Crippen molar-refractivity contribution in [3.05, 3.63) is 71.7 Å². The molecule has 0 unspecified atom stereocenters. The number of ether oxygens (including phenoxy) is 1. The summed E-state index contributed by atoms with van der Waals surface area (Å²) in [6.07, 6.45) is 3.56. The number of carbonyl (C=O) groups is 1. The summed E-state index contributed by atoms with van der Waals surface area (Å²) in [5, 5.41) is 0. The number of esters is 1. The van der Waals surface area contributed by atoms with Gasteiger partial charge in [0.2, 0.25) is 0 Å². The molecule has 0 bridgehead atoms. The largest absolute Gasteiger partial charge is 0.456 e. The predicted molar refractivity (Wildman–Crippen MR) is 75.5 cm³/mol. The Bertz CT molecular complexity index is 748. The van der Waals surface area contributed by atoms with E-state index in [1.807, 2.05) is 60.0 Å². The summed E-state index contributed by atoms with van der Waals surface area (Å²) in [7, 11) is 0. The van der Waals surface area contributed by atoms with E-state index in [1.165, 1.54) is 0 Å². The van der Waals surface area contributed by atoms with Crippen LogP contribution < -0.4 is 0 Å². The summed E-state index contributed by atoms with van der Waals surface area (Å²) < 4.78 is 7.07. The van der Waals surface area contributed by atoms with Crippen molar-refractivity contribution in [2.24, 2.45) is 0 Å². The number of benzene rings is 1. The van der Waals surface area contributed by atoms with Crippen LogP contribution in [0, 0.1) is 6.92 Å². The molecule has 2 heterocycles. The van der Waals surface area contributed by atoms with Crippen LogP contribution in [0.15, 0.2) is 54.9 Å². The van der Waals surface area contributed by atoms with Crippen molar-refractivity contribution in [2.45, 2.75) is 13.5 Å². The van der Waals surface area contributed by atoms with Gasteiger partial charge in [0.05, 0.1) is 0 Å². The van der Waals surface area contributed by atoms with Gasteiger partial charge in [-0.2, -0.15) is 0 Å². The molecule has 3 rings (SSSR count). The van der Waals surface area contributed by atoms with Gasteiger partial charge in [0.1, 0.15) is 12.3 Å². The van der Waals surface area contributed by atoms with Crippen LogP contribution in [0.2, 0.25) is 0 Å². The molecule has 1 aromatic carbocycles. The number of nitrogens with zero attached hydrogens (tertiary/aromatic N) is 2. The SMILES string of the molecule is Cc1ccn2cc(C(=O)OCc3ccccc3)nc2c1. The van der Waals surface area contributed by atoms with Gasteiger partial charge < -0.3 is 9.14 Å². The maximum atomic E-state index is 12.0. The first kappa shape index (κ1) is 12.4. The van der Waals surface area contributed by atoms with Gasteiger partial charge in [-0.3, -0.25) is 0 Å². The number of carbonyl (C=O) groups excluding carboxylic acids is 1. The smallest absolute Gasteiger partial charge is 0.358 e. The molecule has 0 aliphatic carbocycles. The van der Waals surface area contributed by atoms with E-state index in [9.17, 15) is 4.79 Å². The van der Waals surface area contributed by atoms with Crippen LogP contribution in [0.4, 0.5) is 0 Å². The van der Waals surface area contributed by atoms with Crippen LogP contribution in [0.25, 0.3) is 5.65 Å². The molecule has 4 nitrogen and oxygen atoms in total. The molecule has 0 spiro atoms. The van der Waals surface area contributed by atoms with Crippen molar-refractivity contribution in [3.8, 4) is 0 Å². The number of imidazole rings is 1. The third-order valence-electron chi connectivity index (χ3n) is 3.04. The number of aromatic nitrogens is 2. The molecule has 0 fully saturated rings. The van der Waals surface area contributed by atoms with Crippen LogP contribution in [0.5, 0.6) is 0 Å². The highest BCUT2D eigenvalue weighted by atomic mass is 16.5. The molecule has 3 aromatic rings. The first-order valence-corrected chi connectivity index (χ1v) is 6.39. The van der Waals surface area contributed by atoms with Gasteiger partial charge in [-0.1, -0.05) is 30.3 Å². The average Bonchev–Trinajstić information content (AvgIpc) is 2.89. The Morgan fingerprint density at radius 2 is 2.05 bits per heavy atom. The van der Waals surface area contributed by atoms with Crippen LogP contribution in [-0.2, 0) is 11.3 Å². The molecular formula is C16H14N2O2. The Kier molecular flexibility index (Phi) is 3.21. The zero-order valence-corrected chi connectivity index (χ0v) is 11.1. The van der Waals surface area contributed by atoms with Crippen LogP contribution in [0.3, 0.4) is 0 Å². The summed E-state index contributed by atoms with van der Waals surface area (Å²) in [6, 6.07) is 13.5. The van der Waals surface area contributed by atoms with E-state index in [1.54, 1.807) is 6.20 Å². The van der Waals surface area contributed by atoms with E-state index in [0.717, 1.165) is 16.8 Å². The molecule has 0 aliphatic rings. The molecule has 2 aromatic heterocycles. The van der Waals surface area contributed by atoms with Gasteiger partial charge >= 0.3 is 5.97 Å². The number of rotatable bonds is 3. The highest BCUT2D eigenvalue weighted by molar-refractivity contribution is 5.87. The first-order chi connectivity index (χ1) is 9.72. The van der Waals surface area contributed by atoms with Crippen LogP contribution >= 0.6 is 0 Å². The second-order valence-electron chi connectivity index (χ2n) is 4.66. The number of pyridine rings is 1. The van der Waals surface area contributed by atoms with Crippen molar-refractivity contribution in [3.63, 3.8) is 0 Å². The van der Waals surface area contributed by atoms with Gasteiger partial charge in [-0.25, -0.2) is 9.78 Å². The normalized spacial score (nSPS) is 10.7. The van der Waals surface area contributed by atoms with E-state index < -0.39 is 5.97 Å². The fourth-order valence-corrected chi connectivity index (χ4v) is 1.98. The number of fused-ring (bicyclic) bond motifs is 1. The Labute approximate surface area is 116 Å². The van der Waals surface area contributed by atoms with Crippen molar-refractivity contribution in [1.29, 1.82) is 0 Å². The molecule has 0 aliphatic heterocycles. The van der Waals surface area contributed by atoms with Crippen molar-refractivity contribution >= 4 is 11.6 Å². The molecule has 4 heteroatoms. The van der Waals surface area contributed by atoms with Crippen molar-refractivity contribution in [2.75, 3.05) is 0 Å². The molecule has 0 radical (unpaired) electrons.